The van der Waals surface area contributed by atoms with E-state index in [9.17, 15) is 14.4 Å². The van der Waals surface area contributed by atoms with E-state index < -0.39 is 17.5 Å². The number of benzene rings is 2. The van der Waals surface area contributed by atoms with Gasteiger partial charge < -0.3 is 14.8 Å². The number of piperazine rings is 1. The minimum absolute atomic E-state index is 0.0880. The number of pyridine rings is 1. The van der Waals surface area contributed by atoms with Gasteiger partial charge in [-0.2, -0.15) is 0 Å². The number of aromatic nitrogens is 1. The van der Waals surface area contributed by atoms with Crippen molar-refractivity contribution < 1.29 is 9.59 Å². The Morgan fingerprint density at radius 1 is 1.00 bits per heavy atom. The van der Waals surface area contributed by atoms with Crippen molar-refractivity contribution in [1.29, 1.82) is 0 Å². The monoisotopic (exact) mass is 443 g/mol. The van der Waals surface area contributed by atoms with Gasteiger partial charge >= 0.3 is 0 Å². The van der Waals surface area contributed by atoms with Gasteiger partial charge in [-0.3, -0.25) is 14.4 Å². The van der Waals surface area contributed by atoms with E-state index in [1.54, 1.807) is 22.9 Å². The van der Waals surface area contributed by atoms with Gasteiger partial charge in [0.25, 0.3) is 11.5 Å². The van der Waals surface area contributed by atoms with Crippen LogP contribution in [0.2, 0.25) is 0 Å². The van der Waals surface area contributed by atoms with E-state index in [0.29, 0.717) is 25.9 Å². The number of hydrogen-bond acceptors (Lipinski definition) is 3. The first-order valence-electron chi connectivity index (χ1n) is 11.3. The van der Waals surface area contributed by atoms with Crippen LogP contribution >= 0.6 is 0 Å². The Kier molecular flexibility index (Phi) is 6.45. The third-order valence-electron chi connectivity index (χ3n) is 6.37. The number of carbonyl (C=O) groups excluding carboxylic acids is 2. The zero-order valence-electron chi connectivity index (χ0n) is 19.3. The Labute approximate surface area is 193 Å². The quantitative estimate of drug-likeness (QED) is 0.657. The lowest BCUT2D eigenvalue weighted by molar-refractivity contribution is -0.138. The van der Waals surface area contributed by atoms with Crippen molar-refractivity contribution in [3.8, 4) is 11.1 Å². The van der Waals surface area contributed by atoms with Crippen LogP contribution in [0.1, 0.15) is 34.1 Å². The van der Waals surface area contributed by atoms with Crippen LogP contribution in [0.25, 0.3) is 11.1 Å². The van der Waals surface area contributed by atoms with Crippen molar-refractivity contribution >= 4 is 11.8 Å². The summed E-state index contributed by atoms with van der Waals surface area (Å²) in [4.78, 5) is 45.3. The number of carbonyl (C=O) groups is 2. The molecule has 0 saturated carbocycles. The molecule has 6 nitrogen and oxygen atoms in total. The molecule has 0 radical (unpaired) electrons. The number of likely N-dealkylation sites (N-methyl/N-ethyl adjacent to an activating group) is 1. The molecule has 3 aromatic rings. The van der Waals surface area contributed by atoms with Crippen LogP contribution in [-0.4, -0.2) is 52.8 Å². The highest BCUT2D eigenvalue weighted by molar-refractivity contribution is 5.98. The summed E-state index contributed by atoms with van der Waals surface area (Å²) in [6, 6.07) is 19.1. The van der Waals surface area contributed by atoms with Gasteiger partial charge in [0.05, 0.1) is 0 Å². The third kappa shape index (κ3) is 4.60. The molecule has 2 heterocycles. The standard InChI is InChI=1S/C27H29N3O3/c1-4-23-18(2)15-22(25(31)28-23)26(32)30-14-13-29(3)27(33)24(30)17-19-9-8-12-21(16-19)20-10-6-5-7-11-20/h5-12,15-16,24H,4,13-14,17H2,1-3H3,(H,28,31). The molecule has 1 unspecified atom stereocenters. The number of aryl methyl sites for hydroxylation is 2. The fourth-order valence-corrected chi connectivity index (χ4v) is 4.44. The first kappa shape index (κ1) is 22.5. The topological polar surface area (TPSA) is 73.5 Å². The summed E-state index contributed by atoms with van der Waals surface area (Å²) in [5.41, 5.74) is 4.49. The number of H-pyrrole nitrogens is 1. The first-order chi connectivity index (χ1) is 15.9. The minimum Gasteiger partial charge on any atom is -0.342 e. The molecular weight excluding hydrogens is 414 g/mol. The molecule has 1 aliphatic heterocycles. The van der Waals surface area contributed by atoms with Crippen molar-refractivity contribution in [2.75, 3.05) is 20.1 Å². The third-order valence-corrected chi connectivity index (χ3v) is 6.37. The first-order valence-corrected chi connectivity index (χ1v) is 11.3. The van der Waals surface area contributed by atoms with E-state index in [0.717, 1.165) is 27.9 Å². The van der Waals surface area contributed by atoms with E-state index in [-0.39, 0.29) is 11.5 Å². The molecular formula is C27H29N3O3. The smallest absolute Gasteiger partial charge is 0.261 e. The van der Waals surface area contributed by atoms with Crippen LogP contribution < -0.4 is 5.56 Å². The van der Waals surface area contributed by atoms with Crippen LogP contribution in [-0.2, 0) is 17.6 Å². The fraction of sp³-hybridized carbons (Fsp3) is 0.296. The lowest BCUT2D eigenvalue weighted by Gasteiger charge is -2.39. The minimum atomic E-state index is -0.659. The molecule has 4 rings (SSSR count). The zero-order chi connectivity index (χ0) is 23.5. The maximum absolute atomic E-state index is 13.4. The molecule has 1 aromatic heterocycles. The van der Waals surface area contributed by atoms with Crippen molar-refractivity contribution in [3.05, 3.63) is 93.4 Å². The van der Waals surface area contributed by atoms with E-state index in [4.69, 9.17) is 0 Å². The number of nitrogens with one attached hydrogen (secondary N) is 1. The molecule has 1 aliphatic rings. The average Bonchev–Trinajstić information content (AvgIpc) is 2.83. The van der Waals surface area contributed by atoms with Gasteiger partial charge in [0.2, 0.25) is 5.91 Å². The number of hydrogen-bond donors (Lipinski definition) is 1. The summed E-state index contributed by atoms with van der Waals surface area (Å²) in [5.74, 6) is -0.509. The largest absolute Gasteiger partial charge is 0.342 e. The van der Waals surface area contributed by atoms with Crippen LogP contribution in [0.5, 0.6) is 0 Å². The second kappa shape index (κ2) is 9.45. The molecule has 1 saturated heterocycles. The highest BCUT2D eigenvalue weighted by atomic mass is 16.2. The summed E-state index contributed by atoms with van der Waals surface area (Å²) in [6.45, 7) is 4.67. The maximum Gasteiger partial charge on any atom is 0.261 e. The molecule has 1 atom stereocenters. The predicted octanol–water partition coefficient (Wildman–Crippen LogP) is 3.44. The molecule has 2 aromatic carbocycles. The van der Waals surface area contributed by atoms with Gasteiger partial charge in [0.15, 0.2) is 0 Å². The Hall–Kier alpha value is -3.67. The van der Waals surface area contributed by atoms with Crippen LogP contribution in [0.4, 0.5) is 0 Å². The van der Waals surface area contributed by atoms with Crippen LogP contribution in [0.3, 0.4) is 0 Å². The Morgan fingerprint density at radius 2 is 1.73 bits per heavy atom. The number of rotatable bonds is 5. The van der Waals surface area contributed by atoms with Crippen molar-refractivity contribution in [2.24, 2.45) is 0 Å². The average molecular weight is 444 g/mol. The summed E-state index contributed by atoms with van der Waals surface area (Å²) in [6.07, 6.45) is 1.07. The molecule has 2 amide bonds. The van der Waals surface area contributed by atoms with Crippen molar-refractivity contribution in [2.45, 2.75) is 32.7 Å². The molecule has 1 fully saturated rings. The molecule has 0 bridgehead atoms. The maximum atomic E-state index is 13.4. The van der Waals surface area contributed by atoms with E-state index >= 15 is 0 Å². The Bertz CT molecular complexity index is 1230. The van der Waals surface area contributed by atoms with Crippen molar-refractivity contribution in [1.82, 2.24) is 14.8 Å². The predicted molar refractivity (Wildman–Crippen MR) is 129 cm³/mol. The van der Waals surface area contributed by atoms with Gasteiger partial charge in [-0.05, 0) is 41.7 Å². The summed E-state index contributed by atoms with van der Waals surface area (Å²) in [5, 5.41) is 0. The van der Waals surface area contributed by atoms with E-state index in [1.165, 1.54) is 0 Å². The lowest BCUT2D eigenvalue weighted by atomic mass is 9.96. The van der Waals surface area contributed by atoms with Gasteiger partial charge in [0.1, 0.15) is 11.6 Å². The summed E-state index contributed by atoms with van der Waals surface area (Å²) < 4.78 is 0. The zero-order valence-corrected chi connectivity index (χ0v) is 19.3. The van der Waals surface area contributed by atoms with Crippen LogP contribution in [0, 0.1) is 6.92 Å². The number of nitrogens with zero attached hydrogens (tertiary/aromatic N) is 2. The van der Waals surface area contributed by atoms with Gasteiger partial charge in [-0.25, -0.2) is 0 Å². The Morgan fingerprint density at radius 3 is 2.45 bits per heavy atom. The molecule has 0 aliphatic carbocycles. The Balaban J connectivity index is 1.66. The molecule has 170 valence electrons. The normalized spacial score (nSPS) is 16.2. The fourth-order valence-electron chi connectivity index (χ4n) is 4.44. The second-order valence-electron chi connectivity index (χ2n) is 8.57. The summed E-state index contributed by atoms with van der Waals surface area (Å²) in [7, 11) is 1.75. The second-order valence-corrected chi connectivity index (χ2v) is 8.57. The number of amides is 2. The van der Waals surface area contributed by atoms with Gasteiger partial charge in [-0.1, -0.05) is 61.5 Å². The summed E-state index contributed by atoms with van der Waals surface area (Å²) >= 11 is 0. The highest BCUT2D eigenvalue weighted by Crippen LogP contribution is 2.23. The SMILES string of the molecule is CCc1[nH]c(=O)c(C(=O)N2CCN(C)C(=O)C2Cc2cccc(-c3ccccc3)c2)cc1C. The van der Waals surface area contributed by atoms with E-state index in [1.807, 2.05) is 62.4 Å². The lowest BCUT2D eigenvalue weighted by Crippen LogP contribution is -2.58. The van der Waals surface area contributed by atoms with E-state index in [2.05, 4.69) is 11.1 Å². The van der Waals surface area contributed by atoms with Crippen molar-refractivity contribution in [3.63, 3.8) is 0 Å². The highest BCUT2D eigenvalue weighted by Gasteiger charge is 2.37. The molecule has 0 spiro atoms. The molecule has 33 heavy (non-hydrogen) atoms. The van der Waals surface area contributed by atoms with Gasteiger partial charge in [0, 0.05) is 32.3 Å². The number of aromatic amines is 1. The molecule has 1 N–H and O–H groups in total. The van der Waals surface area contributed by atoms with Crippen LogP contribution in [0.15, 0.2) is 65.5 Å². The van der Waals surface area contributed by atoms with Gasteiger partial charge in [-0.15, -0.1) is 0 Å². The molecule has 6 heteroatoms.